The molecule has 0 fully saturated rings. The predicted molar refractivity (Wildman–Crippen MR) is 115 cm³/mol. The number of ether oxygens (including phenoxy) is 1. The summed E-state index contributed by atoms with van der Waals surface area (Å²) in [5, 5.41) is 10.2. The monoisotopic (exact) mass is 597 g/mol. The summed E-state index contributed by atoms with van der Waals surface area (Å²) >= 11 is 0. The Balaban J connectivity index is 0.00000432. The quantitative estimate of drug-likeness (QED) is 0.146. The second-order valence-corrected chi connectivity index (χ2v) is 10.8. The first-order valence-corrected chi connectivity index (χ1v) is 13.3. The number of rotatable bonds is 8. The molecule has 0 heterocycles. The van der Waals surface area contributed by atoms with Crippen LogP contribution < -0.4 is 98.7 Å². The molecule has 0 aliphatic carbocycles. The average molecular weight is 597 g/mol. The molecule has 0 radical (unpaired) electrons. The molecule has 0 aliphatic rings. The molecule has 0 saturated heterocycles. The molecule has 0 spiro atoms. The number of nitrogens with zero attached hydrogens (tertiary/aromatic N) is 2. The van der Waals surface area contributed by atoms with Crippen molar-refractivity contribution < 1.29 is 132 Å². The maximum atomic E-state index is 11.7. The van der Waals surface area contributed by atoms with Crippen LogP contribution in [0.25, 0.3) is 10.8 Å². The third kappa shape index (κ3) is 10.4. The van der Waals surface area contributed by atoms with Crippen molar-refractivity contribution in [3.05, 3.63) is 48.5 Å². The molecular formula is C18H14N3Na3O10S3. The van der Waals surface area contributed by atoms with E-state index in [-0.39, 0.29) is 122 Å². The summed E-state index contributed by atoms with van der Waals surface area (Å²) in [6, 6.07) is 9.42. The van der Waals surface area contributed by atoms with Crippen LogP contribution in [0.4, 0.5) is 17.1 Å². The number of nitrogens with one attached hydrogen (secondary N) is 1. The van der Waals surface area contributed by atoms with Crippen molar-refractivity contribution in [1.82, 2.24) is 0 Å². The number of fused-ring (bicyclic) bond motifs is 1. The van der Waals surface area contributed by atoms with Gasteiger partial charge < -0.3 is 23.7 Å². The zero-order valence-corrected chi connectivity index (χ0v) is 28.5. The van der Waals surface area contributed by atoms with Gasteiger partial charge in [-0.15, -0.1) is 0 Å². The summed E-state index contributed by atoms with van der Waals surface area (Å²) in [5.74, 6) is -0.702. The van der Waals surface area contributed by atoms with Gasteiger partial charge >= 0.3 is 88.7 Å². The van der Waals surface area contributed by atoms with Crippen LogP contribution in [0, 0.1) is 0 Å². The van der Waals surface area contributed by atoms with Crippen molar-refractivity contribution >= 4 is 58.2 Å². The van der Waals surface area contributed by atoms with Crippen LogP contribution in [0.5, 0.6) is 5.75 Å². The van der Waals surface area contributed by atoms with E-state index in [0.29, 0.717) is 6.07 Å². The van der Waals surface area contributed by atoms with E-state index in [1.54, 1.807) is 0 Å². The van der Waals surface area contributed by atoms with E-state index in [9.17, 15) is 38.9 Å². The van der Waals surface area contributed by atoms with Crippen LogP contribution >= 0.6 is 0 Å². The molecule has 3 aromatic carbocycles. The normalized spacial score (nSPS) is 11.8. The van der Waals surface area contributed by atoms with Crippen molar-refractivity contribution in [2.45, 2.75) is 9.79 Å². The Labute approximate surface area is 279 Å². The summed E-state index contributed by atoms with van der Waals surface area (Å²) in [4.78, 5) is -1.77. The summed E-state index contributed by atoms with van der Waals surface area (Å²) in [5.41, 5.74) is 0.534. The Morgan fingerprint density at radius 2 is 1.35 bits per heavy atom. The number of anilines is 1. The largest absolute Gasteiger partial charge is 1.00 e. The van der Waals surface area contributed by atoms with Crippen LogP contribution in [0.1, 0.15) is 0 Å². The summed E-state index contributed by atoms with van der Waals surface area (Å²) < 4.78 is 106. The minimum Gasteiger partial charge on any atom is -0.747 e. The van der Waals surface area contributed by atoms with Gasteiger partial charge in [0.05, 0.1) is 34.0 Å². The predicted octanol–water partition coefficient (Wildman–Crippen LogP) is -7.00. The molecule has 0 amide bonds. The zero-order chi connectivity index (χ0) is 25.3. The molecule has 182 valence electrons. The van der Waals surface area contributed by atoms with Crippen LogP contribution in [-0.4, -0.2) is 51.9 Å². The molecule has 0 aromatic heterocycles. The minimum absolute atomic E-state index is 0. The molecule has 3 aromatic rings. The van der Waals surface area contributed by atoms with Gasteiger partial charge in [0.2, 0.25) is 0 Å². The van der Waals surface area contributed by atoms with Crippen LogP contribution in [0.2, 0.25) is 0 Å². The molecule has 0 saturated carbocycles. The van der Waals surface area contributed by atoms with Crippen LogP contribution in [0.15, 0.2) is 68.6 Å². The molecular weight excluding hydrogens is 583 g/mol. The first kappa shape index (κ1) is 36.8. The van der Waals surface area contributed by atoms with Gasteiger partial charge in [-0.1, -0.05) is 6.07 Å². The van der Waals surface area contributed by atoms with Gasteiger partial charge in [0.15, 0.2) is 0 Å². The first-order valence-electron chi connectivity index (χ1n) is 8.94. The second-order valence-electron chi connectivity index (χ2n) is 6.70. The fraction of sp³-hybridized carbons (Fsp3) is 0.111. The van der Waals surface area contributed by atoms with Gasteiger partial charge in [0.25, 0.3) is 0 Å². The number of hydrogen-bond donors (Lipinski definition) is 1. The van der Waals surface area contributed by atoms with Crippen molar-refractivity contribution in [3.63, 3.8) is 0 Å². The molecule has 0 aliphatic heterocycles. The number of hydrogen-bond acceptors (Lipinski definition) is 13. The topological polar surface area (TPSA) is 218 Å². The number of azo groups is 1. The van der Waals surface area contributed by atoms with Crippen LogP contribution in [0.3, 0.4) is 0 Å². The molecule has 19 heteroatoms. The maximum Gasteiger partial charge on any atom is 1.00 e. The van der Waals surface area contributed by atoms with E-state index < -0.39 is 46.0 Å². The molecule has 37 heavy (non-hydrogen) atoms. The smallest absolute Gasteiger partial charge is 0.747 e. The minimum atomic E-state index is -5.14. The fourth-order valence-electron chi connectivity index (χ4n) is 2.87. The SMILES string of the molecule is COc1cc(N=Nc2ccc3cc(S(=O)(=O)[O-])cc(S(=O)(=O)[O-])c3c2)ccc1NCS(=O)(=O)[O-].[Na+].[Na+].[Na+]. The van der Waals surface area contributed by atoms with Gasteiger partial charge in [0.1, 0.15) is 42.0 Å². The molecule has 0 unspecified atom stereocenters. The van der Waals surface area contributed by atoms with E-state index in [4.69, 9.17) is 4.74 Å². The van der Waals surface area contributed by atoms with Gasteiger partial charge in [-0.05, 0) is 41.8 Å². The molecule has 13 nitrogen and oxygen atoms in total. The average Bonchev–Trinajstić information content (AvgIpc) is 2.73. The van der Waals surface area contributed by atoms with E-state index >= 15 is 0 Å². The van der Waals surface area contributed by atoms with Crippen molar-refractivity contribution in [1.29, 1.82) is 0 Å². The van der Waals surface area contributed by atoms with E-state index in [2.05, 4.69) is 15.5 Å². The molecule has 1 N–H and O–H groups in total. The second kappa shape index (κ2) is 14.5. The number of methoxy groups -OCH3 is 1. The standard InChI is InChI=1S/C18H17N3O10S3.3Na/c1-31-17-8-13(4-5-16(17)19-10-32(22,23)24)21-20-12-3-2-11-6-14(33(25,26)27)9-18(15(11)7-12)34(28,29)30;;;/h2-9,19H,10H2,1H3,(H,22,23,24)(H,25,26,27)(H,28,29,30);;;/q;3*+1/p-3. The molecule has 3 rings (SSSR count). The van der Waals surface area contributed by atoms with E-state index in [0.717, 1.165) is 6.07 Å². The fourth-order valence-corrected chi connectivity index (χ4v) is 4.53. The van der Waals surface area contributed by atoms with E-state index in [1.165, 1.54) is 43.5 Å². The Morgan fingerprint density at radius 3 is 1.86 bits per heavy atom. The summed E-state index contributed by atoms with van der Waals surface area (Å²) in [7, 11) is -13.4. The zero-order valence-electron chi connectivity index (χ0n) is 20.0. The van der Waals surface area contributed by atoms with E-state index in [1.807, 2.05) is 0 Å². The molecule has 0 bridgehead atoms. The summed E-state index contributed by atoms with van der Waals surface area (Å²) in [6.45, 7) is 0. The van der Waals surface area contributed by atoms with Gasteiger partial charge in [0, 0.05) is 11.5 Å². The Hall–Kier alpha value is -0.150. The molecule has 0 atom stereocenters. The third-order valence-electron chi connectivity index (χ3n) is 4.34. The third-order valence-corrected chi connectivity index (χ3v) is 6.52. The Kier molecular flexibility index (Phi) is 14.4. The van der Waals surface area contributed by atoms with Crippen molar-refractivity contribution in [3.8, 4) is 5.75 Å². The van der Waals surface area contributed by atoms with Crippen molar-refractivity contribution in [2.75, 3.05) is 18.3 Å². The maximum absolute atomic E-state index is 11.7. The Morgan fingerprint density at radius 1 is 0.784 bits per heavy atom. The van der Waals surface area contributed by atoms with Gasteiger partial charge in [-0.2, -0.15) is 10.2 Å². The van der Waals surface area contributed by atoms with Crippen LogP contribution in [-0.2, 0) is 30.4 Å². The van der Waals surface area contributed by atoms with Gasteiger partial charge in [-0.25, -0.2) is 25.3 Å². The summed E-state index contributed by atoms with van der Waals surface area (Å²) in [6.07, 6.45) is 0. The number of benzene rings is 3. The first-order chi connectivity index (χ1) is 15.7. The Bertz CT molecular complexity index is 1630. The van der Waals surface area contributed by atoms with Crippen molar-refractivity contribution in [2.24, 2.45) is 10.2 Å². The van der Waals surface area contributed by atoms with Gasteiger partial charge in [-0.3, -0.25) is 0 Å².